The molecular weight excluding hydrogens is 491 g/mol. The van der Waals surface area contributed by atoms with Gasteiger partial charge in [-0.3, -0.25) is 14.8 Å². The Balaban J connectivity index is 1.91. The van der Waals surface area contributed by atoms with Crippen LogP contribution < -0.4 is 5.32 Å². The Morgan fingerprint density at radius 3 is 2.61 bits per heavy atom. The quantitative estimate of drug-likeness (QED) is 0.417. The molecule has 166 valence electrons. The van der Waals surface area contributed by atoms with Crippen LogP contribution in [0.25, 0.3) is 5.70 Å². The van der Waals surface area contributed by atoms with E-state index in [0.29, 0.717) is 22.6 Å². The number of hydrogen-bond donors (Lipinski definition) is 1. The lowest BCUT2D eigenvalue weighted by molar-refractivity contribution is -0.141. The number of carbonyl (C=O) groups excluding carboxylic acids is 1. The van der Waals surface area contributed by atoms with E-state index >= 15 is 0 Å². The van der Waals surface area contributed by atoms with E-state index in [1.807, 2.05) is 19.9 Å². The van der Waals surface area contributed by atoms with Crippen molar-refractivity contribution in [2.24, 2.45) is 10.9 Å². The molecule has 0 spiro atoms. The first-order valence-corrected chi connectivity index (χ1v) is 11.6. The van der Waals surface area contributed by atoms with E-state index in [9.17, 15) is 18.0 Å². The van der Waals surface area contributed by atoms with Crippen LogP contribution in [0.4, 0.5) is 13.2 Å². The summed E-state index contributed by atoms with van der Waals surface area (Å²) < 4.78 is 40.4. The molecule has 2 aromatic rings. The fraction of sp³-hybridized carbons (Fsp3) is 0.409. The van der Waals surface area contributed by atoms with Crippen LogP contribution in [-0.2, 0) is 6.18 Å². The number of nitrogens with one attached hydrogen (secondary N) is 1. The zero-order valence-electron chi connectivity index (χ0n) is 17.2. The molecule has 1 aliphatic rings. The molecule has 0 bridgehead atoms. The molecular formula is C22H23BrF3N3OS. The van der Waals surface area contributed by atoms with Gasteiger partial charge in [0.2, 0.25) is 0 Å². The van der Waals surface area contributed by atoms with E-state index in [1.165, 1.54) is 11.3 Å². The highest BCUT2D eigenvalue weighted by molar-refractivity contribution is 9.11. The molecule has 4 nitrogen and oxygen atoms in total. The number of rotatable bonds is 7. The van der Waals surface area contributed by atoms with E-state index in [2.05, 4.69) is 26.2 Å². The third-order valence-corrected chi connectivity index (χ3v) is 6.94. The zero-order valence-corrected chi connectivity index (χ0v) is 19.6. The van der Waals surface area contributed by atoms with E-state index < -0.39 is 11.9 Å². The average Bonchev–Trinajstić information content (AvgIpc) is 3.13. The largest absolute Gasteiger partial charge is 0.433 e. The van der Waals surface area contributed by atoms with Gasteiger partial charge in [0, 0.05) is 17.5 Å². The van der Waals surface area contributed by atoms with Gasteiger partial charge in [-0.2, -0.15) is 13.2 Å². The smallest absolute Gasteiger partial charge is 0.346 e. The Morgan fingerprint density at radius 2 is 2.06 bits per heavy atom. The summed E-state index contributed by atoms with van der Waals surface area (Å²) in [5.74, 6) is 0.0303. The molecule has 1 N–H and O–H groups in total. The highest BCUT2D eigenvalue weighted by Crippen LogP contribution is 2.33. The van der Waals surface area contributed by atoms with Crippen molar-refractivity contribution < 1.29 is 18.0 Å². The molecule has 1 aliphatic carbocycles. The van der Waals surface area contributed by atoms with E-state index in [4.69, 9.17) is 4.99 Å². The second-order valence-corrected chi connectivity index (χ2v) is 9.89. The lowest BCUT2D eigenvalue weighted by Crippen LogP contribution is -2.35. The highest BCUT2D eigenvalue weighted by atomic mass is 79.9. The van der Waals surface area contributed by atoms with Gasteiger partial charge in [0.1, 0.15) is 5.69 Å². The van der Waals surface area contributed by atoms with Crippen LogP contribution in [0.15, 0.2) is 44.8 Å². The number of amides is 1. The minimum absolute atomic E-state index is 0.191. The van der Waals surface area contributed by atoms with Gasteiger partial charge in [-0.1, -0.05) is 13.3 Å². The number of hydrogen-bond acceptors (Lipinski definition) is 4. The molecule has 1 saturated carbocycles. The number of halogens is 4. The molecule has 2 heterocycles. The molecule has 3 rings (SSSR count). The Hall–Kier alpha value is -2.00. The monoisotopic (exact) mass is 513 g/mol. The fourth-order valence-corrected chi connectivity index (χ4v) is 4.46. The maximum absolute atomic E-state index is 13.2. The van der Waals surface area contributed by atoms with Crippen molar-refractivity contribution in [3.05, 3.63) is 56.0 Å². The number of aliphatic imine (C=N–C) groups is 1. The first-order valence-electron chi connectivity index (χ1n) is 10.0. The van der Waals surface area contributed by atoms with Crippen molar-refractivity contribution in [2.45, 2.75) is 45.7 Å². The molecule has 0 aliphatic heterocycles. The van der Waals surface area contributed by atoms with Crippen LogP contribution in [0.1, 0.15) is 60.5 Å². The molecule has 0 saturated heterocycles. The number of pyridine rings is 1. The van der Waals surface area contributed by atoms with Crippen molar-refractivity contribution in [3.63, 3.8) is 0 Å². The Bertz CT molecular complexity index is 1010. The number of nitrogens with zero attached hydrogens (tertiary/aromatic N) is 2. The summed E-state index contributed by atoms with van der Waals surface area (Å²) in [5.41, 5.74) is 1.63. The lowest BCUT2D eigenvalue weighted by Gasteiger charge is -2.28. The van der Waals surface area contributed by atoms with Crippen LogP contribution in [-0.4, -0.2) is 23.1 Å². The second kappa shape index (κ2) is 10.1. The number of aromatic nitrogens is 1. The molecule has 0 atom stereocenters. The van der Waals surface area contributed by atoms with Crippen LogP contribution in [0.5, 0.6) is 0 Å². The number of alkyl halides is 3. The molecule has 1 fully saturated rings. The summed E-state index contributed by atoms with van der Waals surface area (Å²) in [6, 6.07) is 6.14. The van der Waals surface area contributed by atoms with Crippen LogP contribution in [0.3, 0.4) is 0 Å². The van der Waals surface area contributed by atoms with E-state index in [1.54, 1.807) is 12.1 Å². The maximum atomic E-state index is 13.2. The number of allylic oxidation sites excluding steroid dienone is 1. The molecule has 1 amide bonds. The first kappa shape index (κ1) is 23.7. The summed E-state index contributed by atoms with van der Waals surface area (Å²) in [5, 5.41) is 2.92. The molecule has 2 aromatic heterocycles. The van der Waals surface area contributed by atoms with Gasteiger partial charge >= 0.3 is 6.18 Å². The maximum Gasteiger partial charge on any atom is 0.433 e. The van der Waals surface area contributed by atoms with Crippen LogP contribution in [0.2, 0.25) is 0 Å². The summed E-state index contributed by atoms with van der Waals surface area (Å²) in [7, 11) is 0. The Labute approximate surface area is 191 Å². The van der Waals surface area contributed by atoms with E-state index in [-0.39, 0.29) is 18.4 Å². The zero-order chi connectivity index (χ0) is 22.6. The van der Waals surface area contributed by atoms with Crippen molar-refractivity contribution in [1.82, 2.24) is 10.3 Å². The third kappa shape index (κ3) is 6.04. The number of thiophene rings is 1. The van der Waals surface area contributed by atoms with Gasteiger partial charge in [0.25, 0.3) is 5.91 Å². The first-order chi connectivity index (χ1) is 14.7. The molecule has 0 unspecified atom stereocenters. The topological polar surface area (TPSA) is 54.4 Å². The molecule has 9 heteroatoms. The Kier molecular flexibility index (Phi) is 7.69. The number of carbonyl (C=O) groups is 1. The Morgan fingerprint density at radius 1 is 1.32 bits per heavy atom. The SMILES string of the molecule is CC/C(C)=C(\N=C(CNC(=O)c1ccc(Br)s1)C1CCC1)c1ccnc(C(F)(F)F)c1. The van der Waals surface area contributed by atoms with Crippen molar-refractivity contribution >= 4 is 44.6 Å². The minimum Gasteiger partial charge on any atom is -0.346 e. The van der Waals surface area contributed by atoms with Crippen molar-refractivity contribution in [3.8, 4) is 0 Å². The van der Waals surface area contributed by atoms with Gasteiger partial charge in [-0.15, -0.1) is 11.3 Å². The standard InChI is InChI=1S/C22H23BrF3N3OS/c1-3-13(2)20(15-9-10-27-18(11-15)22(24,25)26)29-16(14-5-4-6-14)12-28-21(30)17-7-8-19(23)31-17/h7-11,14H,3-6,12H2,1-2H3,(H,28,30)/b20-13-,29-16?. The molecule has 0 radical (unpaired) electrons. The van der Waals surface area contributed by atoms with Crippen molar-refractivity contribution in [1.29, 1.82) is 0 Å². The predicted octanol–water partition coefficient (Wildman–Crippen LogP) is 6.74. The van der Waals surface area contributed by atoms with Crippen molar-refractivity contribution in [2.75, 3.05) is 6.54 Å². The normalized spacial score (nSPS) is 16.0. The van der Waals surface area contributed by atoms with Gasteiger partial charge in [-0.05, 0) is 77.9 Å². The van der Waals surface area contributed by atoms with Gasteiger partial charge in [-0.25, -0.2) is 0 Å². The highest BCUT2D eigenvalue weighted by Gasteiger charge is 2.33. The van der Waals surface area contributed by atoms with Gasteiger partial charge in [0.15, 0.2) is 0 Å². The van der Waals surface area contributed by atoms with Crippen LogP contribution in [0, 0.1) is 5.92 Å². The second-order valence-electron chi connectivity index (χ2n) is 7.43. The minimum atomic E-state index is -4.52. The summed E-state index contributed by atoms with van der Waals surface area (Å²) in [6.07, 6.45) is 0.287. The van der Waals surface area contributed by atoms with Gasteiger partial charge in [0.05, 0.1) is 20.9 Å². The van der Waals surface area contributed by atoms with E-state index in [0.717, 1.165) is 46.6 Å². The molecule has 0 aromatic carbocycles. The van der Waals surface area contributed by atoms with Gasteiger partial charge < -0.3 is 5.32 Å². The third-order valence-electron chi connectivity index (χ3n) is 5.32. The molecule has 31 heavy (non-hydrogen) atoms. The lowest BCUT2D eigenvalue weighted by atomic mass is 9.81. The predicted molar refractivity (Wildman–Crippen MR) is 121 cm³/mol. The summed E-state index contributed by atoms with van der Waals surface area (Å²) >= 11 is 4.69. The van der Waals surface area contributed by atoms with Crippen LogP contribution >= 0.6 is 27.3 Å². The summed E-state index contributed by atoms with van der Waals surface area (Å²) in [6.45, 7) is 4.07. The fourth-order valence-electron chi connectivity index (χ4n) is 3.16. The average molecular weight is 514 g/mol. The summed E-state index contributed by atoms with van der Waals surface area (Å²) in [4.78, 5) is 21.3.